The number of rotatable bonds is 3. The highest BCUT2D eigenvalue weighted by molar-refractivity contribution is 5.76. The molecule has 1 saturated carbocycles. The van der Waals surface area contributed by atoms with Gasteiger partial charge in [-0.25, -0.2) is 0 Å². The summed E-state index contributed by atoms with van der Waals surface area (Å²) in [5.41, 5.74) is 0.632. The van der Waals surface area contributed by atoms with Crippen molar-refractivity contribution in [2.24, 2.45) is 11.3 Å². The molecular weight excluding hydrogens is 228 g/mol. The van der Waals surface area contributed by atoms with Gasteiger partial charge in [0.1, 0.15) is 0 Å². The van der Waals surface area contributed by atoms with Crippen LogP contribution in [0.4, 0.5) is 0 Å². The first-order chi connectivity index (χ1) is 8.74. The number of benzene rings is 1. The first kappa shape index (κ1) is 11.7. The van der Waals surface area contributed by atoms with E-state index in [1.165, 1.54) is 5.56 Å². The van der Waals surface area contributed by atoms with Gasteiger partial charge < -0.3 is 9.84 Å². The third-order valence-corrected chi connectivity index (χ3v) is 4.43. The van der Waals surface area contributed by atoms with Crippen molar-refractivity contribution in [1.29, 1.82) is 0 Å². The van der Waals surface area contributed by atoms with Gasteiger partial charge in [0.25, 0.3) is 0 Å². The lowest BCUT2D eigenvalue weighted by molar-refractivity contribution is -0.159. The van der Waals surface area contributed by atoms with E-state index in [9.17, 15) is 9.90 Å². The molecule has 1 aromatic rings. The van der Waals surface area contributed by atoms with Crippen LogP contribution in [0.1, 0.15) is 30.7 Å². The summed E-state index contributed by atoms with van der Waals surface area (Å²) in [4.78, 5) is 11.7. The van der Waals surface area contributed by atoms with Crippen LogP contribution in [0, 0.1) is 11.3 Å². The molecule has 18 heavy (non-hydrogen) atoms. The molecule has 3 atom stereocenters. The number of carboxylic acids is 1. The monoisotopic (exact) mass is 246 g/mol. The fourth-order valence-corrected chi connectivity index (χ4v) is 3.31. The first-order valence-electron chi connectivity index (χ1n) is 6.60. The molecule has 3 nitrogen and oxygen atoms in total. The number of aliphatic carboxylic acids is 1. The second-order valence-electron chi connectivity index (χ2n) is 5.48. The molecule has 96 valence electrons. The van der Waals surface area contributed by atoms with Gasteiger partial charge in [-0.15, -0.1) is 0 Å². The van der Waals surface area contributed by atoms with Gasteiger partial charge in [-0.2, -0.15) is 0 Å². The Morgan fingerprint density at radius 3 is 2.72 bits per heavy atom. The molecule has 0 amide bonds. The lowest BCUT2D eigenvalue weighted by Gasteiger charge is -2.33. The van der Waals surface area contributed by atoms with Crippen LogP contribution in [0.3, 0.4) is 0 Å². The Hall–Kier alpha value is -1.35. The van der Waals surface area contributed by atoms with E-state index in [0.29, 0.717) is 19.1 Å². The Bertz CT molecular complexity index is 434. The lowest BCUT2D eigenvalue weighted by Crippen LogP contribution is -2.41. The fourth-order valence-electron chi connectivity index (χ4n) is 3.31. The molecule has 3 heteroatoms. The van der Waals surface area contributed by atoms with Crippen LogP contribution in [0.2, 0.25) is 0 Å². The lowest BCUT2D eigenvalue weighted by atomic mass is 9.76. The number of hydrogen-bond acceptors (Lipinski definition) is 2. The molecule has 0 radical (unpaired) electrons. The van der Waals surface area contributed by atoms with Crippen LogP contribution in [0.25, 0.3) is 0 Å². The van der Waals surface area contributed by atoms with E-state index in [0.717, 1.165) is 19.3 Å². The van der Waals surface area contributed by atoms with E-state index >= 15 is 0 Å². The quantitative estimate of drug-likeness (QED) is 0.892. The zero-order chi connectivity index (χ0) is 12.6. The van der Waals surface area contributed by atoms with Gasteiger partial charge in [-0.3, -0.25) is 4.79 Å². The van der Waals surface area contributed by atoms with Crippen molar-refractivity contribution in [2.45, 2.75) is 25.2 Å². The summed E-state index contributed by atoms with van der Waals surface area (Å²) in [6.07, 6.45) is 2.61. The number of carbonyl (C=O) groups is 1. The van der Waals surface area contributed by atoms with Crippen LogP contribution in [0.5, 0.6) is 0 Å². The van der Waals surface area contributed by atoms with Crippen LogP contribution >= 0.6 is 0 Å². The van der Waals surface area contributed by atoms with Gasteiger partial charge in [0.05, 0.1) is 12.0 Å². The summed E-state index contributed by atoms with van der Waals surface area (Å²) in [5, 5.41) is 9.58. The SMILES string of the molecule is O=C(O)C1(C2CC2c2ccccc2)CCCOC1. The molecule has 0 aromatic heterocycles. The van der Waals surface area contributed by atoms with Gasteiger partial charge in [-0.1, -0.05) is 30.3 Å². The van der Waals surface area contributed by atoms with E-state index in [2.05, 4.69) is 12.1 Å². The number of ether oxygens (including phenoxy) is 1. The average molecular weight is 246 g/mol. The number of hydrogen-bond donors (Lipinski definition) is 1. The van der Waals surface area contributed by atoms with Gasteiger partial charge in [0.2, 0.25) is 0 Å². The van der Waals surface area contributed by atoms with Crippen LogP contribution < -0.4 is 0 Å². The maximum Gasteiger partial charge on any atom is 0.312 e. The molecule has 1 aliphatic heterocycles. The summed E-state index contributed by atoms with van der Waals surface area (Å²) in [5.74, 6) is -0.0210. The molecule has 2 fully saturated rings. The van der Waals surface area contributed by atoms with E-state index in [1.807, 2.05) is 18.2 Å². The Balaban J connectivity index is 1.81. The van der Waals surface area contributed by atoms with Crippen molar-refractivity contribution in [3.8, 4) is 0 Å². The van der Waals surface area contributed by atoms with Crippen molar-refractivity contribution < 1.29 is 14.6 Å². The molecule has 1 saturated heterocycles. The summed E-state index contributed by atoms with van der Waals surface area (Å²) in [7, 11) is 0. The molecule has 3 unspecified atom stereocenters. The van der Waals surface area contributed by atoms with Gasteiger partial charge >= 0.3 is 5.97 Å². The zero-order valence-electron chi connectivity index (χ0n) is 10.3. The predicted molar refractivity (Wildman–Crippen MR) is 67.4 cm³/mol. The minimum absolute atomic E-state index is 0.248. The summed E-state index contributed by atoms with van der Waals surface area (Å²) < 4.78 is 5.45. The first-order valence-corrected chi connectivity index (χ1v) is 6.60. The Labute approximate surface area is 107 Å². The molecule has 0 bridgehead atoms. The molecule has 1 aromatic carbocycles. The second kappa shape index (κ2) is 4.39. The predicted octanol–water partition coefficient (Wildman–Crippen LogP) is 2.67. The molecule has 3 rings (SSSR count). The van der Waals surface area contributed by atoms with E-state index in [1.54, 1.807) is 0 Å². The molecule has 1 aliphatic carbocycles. The zero-order valence-corrected chi connectivity index (χ0v) is 10.3. The third-order valence-electron chi connectivity index (χ3n) is 4.43. The van der Waals surface area contributed by atoms with Gasteiger partial charge in [0, 0.05) is 6.61 Å². The van der Waals surface area contributed by atoms with Crippen molar-refractivity contribution in [3.05, 3.63) is 35.9 Å². The van der Waals surface area contributed by atoms with Crippen LogP contribution in [-0.4, -0.2) is 24.3 Å². The van der Waals surface area contributed by atoms with Crippen molar-refractivity contribution in [1.82, 2.24) is 0 Å². The van der Waals surface area contributed by atoms with Gasteiger partial charge in [-0.05, 0) is 36.7 Å². The molecule has 0 spiro atoms. The van der Waals surface area contributed by atoms with Crippen molar-refractivity contribution in [3.63, 3.8) is 0 Å². The number of carboxylic acid groups (broad SMARTS) is 1. The van der Waals surface area contributed by atoms with E-state index in [-0.39, 0.29) is 5.92 Å². The minimum atomic E-state index is -0.675. The maximum absolute atomic E-state index is 11.7. The van der Waals surface area contributed by atoms with Crippen LogP contribution in [-0.2, 0) is 9.53 Å². The topological polar surface area (TPSA) is 46.5 Å². The summed E-state index contributed by atoms with van der Waals surface area (Å²) in [6, 6.07) is 10.2. The molecule has 1 N–H and O–H groups in total. The molecule has 1 heterocycles. The smallest absolute Gasteiger partial charge is 0.312 e. The van der Waals surface area contributed by atoms with Crippen molar-refractivity contribution >= 4 is 5.97 Å². The van der Waals surface area contributed by atoms with Crippen LogP contribution in [0.15, 0.2) is 30.3 Å². The summed E-state index contributed by atoms with van der Waals surface area (Å²) >= 11 is 0. The summed E-state index contributed by atoms with van der Waals surface area (Å²) in [6.45, 7) is 1.09. The molecular formula is C15H18O3. The minimum Gasteiger partial charge on any atom is -0.481 e. The standard InChI is InChI=1S/C15H18O3/c16-14(17)15(7-4-8-18-10-15)13-9-12(13)11-5-2-1-3-6-11/h1-3,5-6,12-13H,4,7-10H2,(H,16,17). The largest absolute Gasteiger partial charge is 0.481 e. The second-order valence-corrected chi connectivity index (χ2v) is 5.48. The Morgan fingerprint density at radius 2 is 2.11 bits per heavy atom. The maximum atomic E-state index is 11.7. The Kier molecular flexibility index (Phi) is 2.86. The van der Waals surface area contributed by atoms with E-state index in [4.69, 9.17) is 4.74 Å². The highest BCUT2D eigenvalue weighted by atomic mass is 16.5. The third kappa shape index (κ3) is 1.83. The highest BCUT2D eigenvalue weighted by Gasteiger charge is 2.58. The average Bonchev–Trinajstić information content (AvgIpc) is 3.21. The van der Waals surface area contributed by atoms with Crippen molar-refractivity contribution in [2.75, 3.05) is 13.2 Å². The Morgan fingerprint density at radius 1 is 1.33 bits per heavy atom. The highest BCUT2D eigenvalue weighted by Crippen LogP contribution is 2.59. The molecule has 2 aliphatic rings. The normalized spacial score (nSPS) is 35.1. The van der Waals surface area contributed by atoms with E-state index < -0.39 is 11.4 Å². The fraction of sp³-hybridized carbons (Fsp3) is 0.533. The van der Waals surface area contributed by atoms with Gasteiger partial charge in [0.15, 0.2) is 0 Å².